The van der Waals surface area contributed by atoms with Crippen LogP contribution in [0.3, 0.4) is 0 Å². The largest absolute Gasteiger partial charge is 0.468 e. The third-order valence-electron chi connectivity index (χ3n) is 0.952. The van der Waals surface area contributed by atoms with Crippen molar-refractivity contribution in [2.45, 2.75) is 4.84 Å². The van der Waals surface area contributed by atoms with Crippen LogP contribution in [0, 0.1) is 5.92 Å². The lowest BCUT2D eigenvalue weighted by Crippen LogP contribution is -2.27. The van der Waals surface area contributed by atoms with Crippen molar-refractivity contribution in [3.63, 3.8) is 0 Å². The lowest BCUT2D eigenvalue weighted by atomic mass is 10.2. The number of alkyl halides is 2. The first-order valence-electron chi connectivity index (χ1n) is 2.56. The number of hydrogen-bond acceptors (Lipinski definition) is 3. The molecule has 1 atom stereocenters. The molecular formula is C5H5Cl3O3. The van der Waals surface area contributed by atoms with Crippen molar-refractivity contribution in [2.75, 3.05) is 7.11 Å². The van der Waals surface area contributed by atoms with Crippen molar-refractivity contribution in [1.82, 2.24) is 0 Å². The molecule has 0 heterocycles. The zero-order valence-corrected chi connectivity index (χ0v) is 7.78. The normalized spacial score (nSPS) is 12.8. The van der Waals surface area contributed by atoms with Gasteiger partial charge in [0, 0.05) is 0 Å². The van der Waals surface area contributed by atoms with Crippen LogP contribution in [0.2, 0.25) is 0 Å². The van der Waals surface area contributed by atoms with Crippen LogP contribution in [0.5, 0.6) is 0 Å². The van der Waals surface area contributed by atoms with Gasteiger partial charge >= 0.3 is 5.97 Å². The lowest BCUT2D eigenvalue weighted by Gasteiger charge is -2.09. The van der Waals surface area contributed by atoms with Gasteiger partial charge in [-0.3, -0.25) is 9.59 Å². The molecule has 1 unspecified atom stereocenters. The van der Waals surface area contributed by atoms with Gasteiger partial charge in [0.2, 0.25) is 5.24 Å². The van der Waals surface area contributed by atoms with E-state index < -0.39 is 22.0 Å². The van der Waals surface area contributed by atoms with Crippen LogP contribution in [0.15, 0.2) is 0 Å². The Labute approximate surface area is 78.5 Å². The van der Waals surface area contributed by atoms with Crippen LogP contribution >= 0.6 is 34.8 Å². The second kappa shape index (κ2) is 4.80. The number of ether oxygens (including phenoxy) is 1. The maximum absolute atomic E-state index is 10.7. The molecule has 3 nitrogen and oxygen atoms in total. The summed E-state index contributed by atoms with van der Waals surface area (Å²) in [5.41, 5.74) is 0. The van der Waals surface area contributed by atoms with Crippen molar-refractivity contribution >= 4 is 46.0 Å². The summed E-state index contributed by atoms with van der Waals surface area (Å²) in [6, 6.07) is 0. The molecule has 0 aliphatic heterocycles. The van der Waals surface area contributed by atoms with Crippen molar-refractivity contribution < 1.29 is 14.3 Å². The summed E-state index contributed by atoms with van der Waals surface area (Å²) in [4.78, 5) is 20.0. The molecule has 0 fully saturated rings. The molecule has 0 rings (SSSR count). The molecule has 0 saturated carbocycles. The highest BCUT2D eigenvalue weighted by atomic mass is 35.5. The maximum Gasteiger partial charge on any atom is 0.320 e. The van der Waals surface area contributed by atoms with E-state index in [0.717, 1.165) is 7.11 Å². The Morgan fingerprint density at radius 2 is 1.82 bits per heavy atom. The van der Waals surface area contributed by atoms with E-state index in [-0.39, 0.29) is 0 Å². The molecule has 0 aromatic rings. The fourth-order valence-electron chi connectivity index (χ4n) is 0.422. The van der Waals surface area contributed by atoms with Crippen molar-refractivity contribution in [1.29, 1.82) is 0 Å². The fraction of sp³-hybridized carbons (Fsp3) is 0.600. The van der Waals surface area contributed by atoms with Crippen LogP contribution in [0.1, 0.15) is 0 Å². The number of carbonyl (C=O) groups is 2. The minimum atomic E-state index is -1.30. The second-order valence-corrected chi connectivity index (χ2v) is 3.18. The molecule has 0 aliphatic carbocycles. The number of carbonyl (C=O) groups excluding carboxylic acids is 2. The zero-order valence-electron chi connectivity index (χ0n) is 5.51. The number of esters is 1. The average molecular weight is 219 g/mol. The molecule has 11 heavy (non-hydrogen) atoms. The van der Waals surface area contributed by atoms with Gasteiger partial charge in [-0.2, -0.15) is 0 Å². The van der Waals surface area contributed by atoms with E-state index in [4.69, 9.17) is 34.8 Å². The molecule has 64 valence electrons. The van der Waals surface area contributed by atoms with E-state index in [1.807, 2.05) is 0 Å². The number of rotatable bonds is 3. The lowest BCUT2D eigenvalue weighted by molar-refractivity contribution is -0.147. The molecule has 0 bridgehead atoms. The van der Waals surface area contributed by atoms with E-state index >= 15 is 0 Å². The zero-order chi connectivity index (χ0) is 9.02. The van der Waals surface area contributed by atoms with Gasteiger partial charge in [-0.1, -0.05) is 0 Å². The highest BCUT2D eigenvalue weighted by Gasteiger charge is 2.32. The van der Waals surface area contributed by atoms with Crippen molar-refractivity contribution in [3.05, 3.63) is 0 Å². The van der Waals surface area contributed by atoms with E-state index in [1.54, 1.807) is 0 Å². The number of hydrogen-bond donors (Lipinski definition) is 0. The molecule has 0 N–H and O–H groups in total. The molecule has 0 radical (unpaired) electrons. The minimum absolute atomic E-state index is 0.833. The van der Waals surface area contributed by atoms with Gasteiger partial charge in [-0.05, 0) is 11.6 Å². The predicted octanol–water partition coefficient (Wildman–Crippen LogP) is 1.34. The third kappa shape index (κ3) is 3.27. The van der Waals surface area contributed by atoms with Gasteiger partial charge in [0.15, 0.2) is 5.92 Å². The second-order valence-electron chi connectivity index (χ2n) is 1.64. The Hall–Kier alpha value is 0.01000. The van der Waals surface area contributed by atoms with Crippen molar-refractivity contribution in [3.8, 4) is 0 Å². The van der Waals surface area contributed by atoms with Gasteiger partial charge < -0.3 is 4.74 Å². The summed E-state index contributed by atoms with van der Waals surface area (Å²) < 4.78 is 4.22. The fourth-order valence-corrected chi connectivity index (χ4v) is 1.20. The van der Waals surface area contributed by atoms with Crippen LogP contribution in [0.4, 0.5) is 0 Å². The molecule has 0 saturated heterocycles. The first-order chi connectivity index (χ1) is 5.00. The van der Waals surface area contributed by atoms with Crippen LogP contribution < -0.4 is 0 Å². The maximum atomic E-state index is 10.7. The standard InChI is InChI=1S/C5H5Cl3O3/c1-11-5(10)2(3(6)7)4(8)9/h2-3H,1H3. The topological polar surface area (TPSA) is 43.4 Å². The highest BCUT2D eigenvalue weighted by molar-refractivity contribution is 6.67. The molecule has 0 amide bonds. The summed E-state index contributed by atoms with van der Waals surface area (Å²) in [6.07, 6.45) is 0. The van der Waals surface area contributed by atoms with E-state index in [0.29, 0.717) is 0 Å². The summed E-state index contributed by atoms with van der Waals surface area (Å²) in [5.74, 6) is -2.13. The summed E-state index contributed by atoms with van der Waals surface area (Å²) >= 11 is 15.5. The first-order valence-corrected chi connectivity index (χ1v) is 3.81. The van der Waals surface area contributed by atoms with Gasteiger partial charge in [0.05, 0.1) is 7.11 Å². The van der Waals surface area contributed by atoms with E-state index in [1.165, 1.54) is 0 Å². The van der Waals surface area contributed by atoms with Gasteiger partial charge in [-0.25, -0.2) is 0 Å². The minimum Gasteiger partial charge on any atom is -0.468 e. The third-order valence-corrected chi connectivity index (χ3v) is 1.69. The van der Waals surface area contributed by atoms with Crippen LogP contribution in [-0.4, -0.2) is 23.2 Å². The van der Waals surface area contributed by atoms with Crippen LogP contribution in [0.25, 0.3) is 0 Å². The Bertz CT molecular complexity index is 168. The Morgan fingerprint density at radius 1 is 1.36 bits per heavy atom. The summed E-state index contributed by atoms with van der Waals surface area (Å²) in [6.45, 7) is 0. The van der Waals surface area contributed by atoms with E-state index in [2.05, 4.69) is 4.74 Å². The molecule has 0 aromatic carbocycles. The Balaban J connectivity index is 4.34. The van der Waals surface area contributed by atoms with Crippen molar-refractivity contribution in [2.24, 2.45) is 5.92 Å². The summed E-state index contributed by atoms with van der Waals surface area (Å²) in [5, 5.41) is -0.924. The smallest absolute Gasteiger partial charge is 0.320 e. The predicted molar refractivity (Wildman–Crippen MR) is 41.9 cm³/mol. The van der Waals surface area contributed by atoms with E-state index in [9.17, 15) is 9.59 Å². The average Bonchev–Trinajstić information content (AvgIpc) is 1.85. The molecule has 0 aromatic heterocycles. The number of halogens is 3. The summed E-state index contributed by atoms with van der Waals surface area (Å²) in [7, 11) is 1.12. The van der Waals surface area contributed by atoms with Gasteiger partial charge in [0.25, 0.3) is 0 Å². The van der Waals surface area contributed by atoms with Gasteiger partial charge in [0.1, 0.15) is 4.84 Å². The Morgan fingerprint density at radius 3 is 1.91 bits per heavy atom. The highest BCUT2D eigenvalue weighted by Crippen LogP contribution is 2.19. The quantitative estimate of drug-likeness (QED) is 0.311. The molecule has 0 aliphatic rings. The van der Waals surface area contributed by atoms with Crippen LogP contribution in [-0.2, 0) is 14.3 Å². The molecule has 6 heteroatoms. The van der Waals surface area contributed by atoms with Gasteiger partial charge in [-0.15, -0.1) is 23.2 Å². The number of methoxy groups -OCH3 is 1. The molecular weight excluding hydrogens is 214 g/mol. The Kier molecular flexibility index (Phi) is 4.81. The molecule has 0 spiro atoms. The first kappa shape index (κ1) is 11.0. The SMILES string of the molecule is COC(=O)C(C(=O)Cl)C(Cl)Cl. The monoisotopic (exact) mass is 218 g/mol.